The van der Waals surface area contributed by atoms with E-state index in [-0.39, 0.29) is 0 Å². The largest absolute Gasteiger partial charge is 0.344 e. The average molecular weight is 256 g/mol. The highest BCUT2D eigenvalue weighted by Gasteiger charge is 2.11. The summed E-state index contributed by atoms with van der Waals surface area (Å²) in [6.45, 7) is 8.00. The first-order valence-corrected chi connectivity index (χ1v) is 7.13. The SMILES string of the molecule is CC.CC.Cn1c2c(c3cnccc31)C=CCC=C2. The summed E-state index contributed by atoms with van der Waals surface area (Å²) < 4.78 is 2.22. The van der Waals surface area contributed by atoms with Crippen LogP contribution in [0.5, 0.6) is 0 Å². The van der Waals surface area contributed by atoms with E-state index in [0.717, 1.165) is 6.42 Å². The molecule has 0 radical (unpaired) electrons. The number of allylic oxidation sites excluding steroid dienone is 2. The second-order valence-corrected chi connectivity index (χ2v) is 3.79. The molecule has 0 aliphatic heterocycles. The van der Waals surface area contributed by atoms with Crippen LogP contribution in [0.1, 0.15) is 45.4 Å². The highest BCUT2D eigenvalue weighted by molar-refractivity contribution is 5.93. The highest BCUT2D eigenvalue weighted by Crippen LogP contribution is 2.28. The van der Waals surface area contributed by atoms with E-state index in [1.54, 1.807) is 0 Å². The van der Waals surface area contributed by atoms with Crippen molar-refractivity contribution >= 4 is 23.1 Å². The third-order valence-electron chi connectivity index (χ3n) is 2.92. The maximum Gasteiger partial charge on any atom is 0.0519 e. The normalized spacial score (nSPS) is 11.8. The number of pyridine rings is 1. The van der Waals surface area contributed by atoms with Crippen LogP contribution in [0.25, 0.3) is 23.1 Å². The molecular weight excluding hydrogens is 232 g/mol. The van der Waals surface area contributed by atoms with Gasteiger partial charge in [0.05, 0.1) is 5.52 Å². The molecule has 2 nitrogen and oxygen atoms in total. The maximum absolute atomic E-state index is 4.19. The van der Waals surface area contributed by atoms with Gasteiger partial charge in [0.2, 0.25) is 0 Å². The van der Waals surface area contributed by atoms with Crippen molar-refractivity contribution in [3.63, 3.8) is 0 Å². The van der Waals surface area contributed by atoms with Gasteiger partial charge in [0.1, 0.15) is 0 Å². The molecule has 3 rings (SSSR count). The first kappa shape index (κ1) is 15.2. The van der Waals surface area contributed by atoms with E-state index in [9.17, 15) is 0 Å². The third kappa shape index (κ3) is 2.95. The van der Waals surface area contributed by atoms with Crippen molar-refractivity contribution in [3.05, 3.63) is 41.9 Å². The monoisotopic (exact) mass is 256 g/mol. The Morgan fingerprint density at radius 2 is 1.74 bits per heavy atom. The molecule has 2 heteroatoms. The number of nitrogens with zero attached hydrogens (tertiary/aromatic N) is 2. The van der Waals surface area contributed by atoms with Crippen molar-refractivity contribution in [1.29, 1.82) is 0 Å². The van der Waals surface area contributed by atoms with E-state index in [1.807, 2.05) is 40.1 Å². The van der Waals surface area contributed by atoms with Crippen molar-refractivity contribution in [2.24, 2.45) is 7.05 Å². The Kier molecular flexibility index (Phi) is 6.07. The van der Waals surface area contributed by atoms with Crippen LogP contribution in [0.15, 0.2) is 30.6 Å². The van der Waals surface area contributed by atoms with Crippen LogP contribution >= 0.6 is 0 Å². The lowest BCUT2D eigenvalue weighted by Gasteiger charge is -1.98. The molecule has 0 aromatic carbocycles. The summed E-state index contributed by atoms with van der Waals surface area (Å²) >= 11 is 0. The second kappa shape index (κ2) is 7.57. The smallest absolute Gasteiger partial charge is 0.0519 e. The van der Waals surface area contributed by atoms with Gasteiger partial charge in [-0.05, 0) is 18.6 Å². The Balaban J connectivity index is 0.000000415. The predicted octanol–water partition coefficient (Wildman–Crippen LogP) is 5.06. The van der Waals surface area contributed by atoms with Gasteiger partial charge in [-0.25, -0.2) is 0 Å². The summed E-state index contributed by atoms with van der Waals surface area (Å²) in [5.74, 6) is 0. The Morgan fingerprint density at radius 1 is 1.05 bits per heavy atom. The molecule has 0 spiro atoms. The van der Waals surface area contributed by atoms with Crippen LogP contribution in [0, 0.1) is 0 Å². The van der Waals surface area contributed by atoms with Crippen molar-refractivity contribution in [2.45, 2.75) is 34.1 Å². The molecule has 0 bridgehead atoms. The number of aryl methyl sites for hydroxylation is 1. The Bertz CT molecular complexity index is 574. The van der Waals surface area contributed by atoms with E-state index in [0.29, 0.717) is 0 Å². The van der Waals surface area contributed by atoms with Gasteiger partial charge in [0.25, 0.3) is 0 Å². The molecule has 0 unspecified atom stereocenters. The van der Waals surface area contributed by atoms with Crippen LogP contribution in [-0.4, -0.2) is 9.55 Å². The summed E-state index contributed by atoms with van der Waals surface area (Å²) in [6, 6.07) is 2.06. The van der Waals surface area contributed by atoms with E-state index < -0.39 is 0 Å². The number of fused-ring (bicyclic) bond motifs is 3. The van der Waals surface area contributed by atoms with Gasteiger partial charge in [-0.2, -0.15) is 0 Å². The van der Waals surface area contributed by atoms with Gasteiger partial charge in [0.15, 0.2) is 0 Å². The quantitative estimate of drug-likeness (QED) is 0.644. The summed E-state index contributed by atoms with van der Waals surface area (Å²) in [5.41, 5.74) is 3.80. The lowest BCUT2D eigenvalue weighted by Crippen LogP contribution is -1.90. The van der Waals surface area contributed by atoms with Gasteiger partial charge < -0.3 is 4.57 Å². The van der Waals surface area contributed by atoms with Crippen molar-refractivity contribution < 1.29 is 0 Å². The minimum atomic E-state index is 1.01. The fourth-order valence-corrected chi connectivity index (χ4v) is 2.16. The molecule has 0 amide bonds. The van der Waals surface area contributed by atoms with Crippen LogP contribution in [0.2, 0.25) is 0 Å². The molecule has 19 heavy (non-hydrogen) atoms. The van der Waals surface area contributed by atoms with E-state index in [2.05, 4.69) is 47.0 Å². The van der Waals surface area contributed by atoms with Crippen molar-refractivity contribution in [3.8, 4) is 0 Å². The van der Waals surface area contributed by atoms with Gasteiger partial charge >= 0.3 is 0 Å². The second-order valence-electron chi connectivity index (χ2n) is 3.79. The van der Waals surface area contributed by atoms with Crippen LogP contribution in [0.4, 0.5) is 0 Å². The lowest BCUT2D eigenvalue weighted by atomic mass is 10.1. The Labute approximate surface area is 116 Å². The van der Waals surface area contributed by atoms with Crippen molar-refractivity contribution in [1.82, 2.24) is 9.55 Å². The molecule has 1 aliphatic carbocycles. The maximum atomic E-state index is 4.19. The topological polar surface area (TPSA) is 17.8 Å². The molecule has 102 valence electrons. The average Bonchev–Trinajstić information content (AvgIpc) is 2.68. The molecule has 0 fully saturated rings. The van der Waals surface area contributed by atoms with Crippen LogP contribution in [-0.2, 0) is 7.05 Å². The van der Waals surface area contributed by atoms with Gasteiger partial charge in [-0.15, -0.1) is 0 Å². The van der Waals surface area contributed by atoms with Crippen LogP contribution in [0.3, 0.4) is 0 Å². The molecule has 2 heterocycles. The number of rotatable bonds is 0. The van der Waals surface area contributed by atoms with Crippen LogP contribution < -0.4 is 0 Å². The number of hydrogen-bond donors (Lipinski definition) is 0. The fraction of sp³-hybridized carbons (Fsp3) is 0.353. The number of hydrogen-bond acceptors (Lipinski definition) is 1. The Morgan fingerprint density at radius 3 is 2.47 bits per heavy atom. The van der Waals surface area contributed by atoms with Gasteiger partial charge in [0, 0.05) is 36.1 Å². The minimum absolute atomic E-state index is 1.01. The molecule has 0 saturated heterocycles. The molecule has 1 aliphatic rings. The zero-order valence-electron chi connectivity index (χ0n) is 12.6. The minimum Gasteiger partial charge on any atom is -0.344 e. The zero-order valence-corrected chi connectivity index (χ0v) is 12.6. The first-order valence-electron chi connectivity index (χ1n) is 7.13. The summed E-state index contributed by atoms with van der Waals surface area (Å²) in [6.07, 6.45) is 13.6. The lowest BCUT2D eigenvalue weighted by molar-refractivity contribution is 0.952. The molecule has 2 aromatic rings. The molecule has 0 N–H and O–H groups in total. The van der Waals surface area contributed by atoms with Gasteiger partial charge in [-0.3, -0.25) is 4.98 Å². The number of aromatic nitrogens is 2. The standard InChI is InChI=1S/C13H12N2.2C2H6/c1-15-12-6-4-2-3-5-10(12)11-9-14-8-7-13(11)15;2*1-2/h3-9H,2H2,1H3;2*1-2H3. The van der Waals surface area contributed by atoms with E-state index >= 15 is 0 Å². The van der Waals surface area contributed by atoms with Crippen molar-refractivity contribution in [2.75, 3.05) is 0 Å². The zero-order chi connectivity index (χ0) is 14.3. The molecule has 0 saturated carbocycles. The molecule has 0 atom stereocenters. The molecule has 2 aromatic heterocycles. The summed E-state index contributed by atoms with van der Waals surface area (Å²) in [7, 11) is 2.10. The summed E-state index contributed by atoms with van der Waals surface area (Å²) in [4.78, 5) is 4.19. The molecular formula is C17H24N2. The first-order chi connectivity index (χ1) is 9.38. The van der Waals surface area contributed by atoms with E-state index in [1.165, 1.54) is 22.2 Å². The fourth-order valence-electron chi connectivity index (χ4n) is 2.16. The highest BCUT2D eigenvalue weighted by atomic mass is 14.9. The summed E-state index contributed by atoms with van der Waals surface area (Å²) in [5, 5.41) is 1.23. The Hall–Kier alpha value is -1.83. The van der Waals surface area contributed by atoms with E-state index in [4.69, 9.17) is 0 Å². The third-order valence-corrected chi connectivity index (χ3v) is 2.92. The van der Waals surface area contributed by atoms with Gasteiger partial charge in [-0.1, -0.05) is 45.9 Å². The predicted molar refractivity (Wildman–Crippen MR) is 86.1 cm³/mol.